The summed E-state index contributed by atoms with van der Waals surface area (Å²) < 4.78 is 6.41. The number of hydrogen-bond acceptors (Lipinski definition) is 2. The second kappa shape index (κ2) is 6.06. The van der Waals surface area contributed by atoms with E-state index in [1.54, 1.807) is 6.08 Å². The predicted molar refractivity (Wildman–Crippen MR) is 62.5 cm³/mol. The first-order chi connectivity index (χ1) is 6.79. The molecule has 0 bridgehead atoms. The third-order valence-corrected chi connectivity index (χ3v) is 2.48. The molecule has 0 fully saturated rings. The molecule has 1 aromatic carbocycles. The number of nitrogens with two attached hydrogens (primary N) is 1. The largest absolute Gasteiger partial charge is 0.488 e. The molecule has 0 atom stereocenters. The van der Waals surface area contributed by atoms with E-state index in [1.807, 2.05) is 18.2 Å². The molecule has 0 aromatic heterocycles. The van der Waals surface area contributed by atoms with Gasteiger partial charge in [0.05, 0.1) is 4.47 Å². The second-order valence-corrected chi connectivity index (χ2v) is 3.71. The lowest BCUT2D eigenvalue weighted by molar-refractivity contribution is 0.357. The number of halogens is 2. The molecule has 1 aromatic rings. The summed E-state index contributed by atoms with van der Waals surface area (Å²) in [6.45, 7) is 0.901. The van der Waals surface area contributed by atoms with E-state index in [0.29, 0.717) is 13.2 Å². The Kier molecular flexibility index (Phi) is 5.01. The molecule has 0 aliphatic carbocycles. The van der Waals surface area contributed by atoms with E-state index < -0.39 is 0 Å². The SMILES string of the molecule is NCc1cccc(Br)c1OCC=CCl. The zero-order valence-corrected chi connectivity index (χ0v) is 9.88. The molecule has 0 unspecified atom stereocenters. The van der Waals surface area contributed by atoms with Gasteiger partial charge in [0, 0.05) is 17.6 Å². The van der Waals surface area contributed by atoms with E-state index in [9.17, 15) is 0 Å². The molecule has 0 amide bonds. The highest BCUT2D eigenvalue weighted by molar-refractivity contribution is 9.10. The van der Waals surface area contributed by atoms with Crippen molar-refractivity contribution in [1.82, 2.24) is 0 Å². The van der Waals surface area contributed by atoms with Crippen LogP contribution in [0.5, 0.6) is 5.75 Å². The molecule has 4 heteroatoms. The maximum Gasteiger partial charge on any atom is 0.138 e. The van der Waals surface area contributed by atoms with Crippen molar-refractivity contribution >= 4 is 27.5 Å². The smallest absolute Gasteiger partial charge is 0.138 e. The quantitative estimate of drug-likeness (QED) is 0.917. The summed E-state index contributed by atoms with van der Waals surface area (Å²) in [5.41, 5.74) is 7.98. The van der Waals surface area contributed by atoms with Gasteiger partial charge in [0.2, 0.25) is 0 Å². The minimum atomic E-state index is 0.444. The zero-order chi connectivity index (χ0) is 10.4. The molecule has 2 nitrogen and oxygen atoms in total. The molecule has 0 heterocycles. The third-order valence-electron chi connectivity index (χ3n) is 1.68. The van der Waals surface area contributed by atoms with E-state index in [1.165, 1.54) is 5.54 Å². The van der Waals surface area contributed by atoms with Gasteiger partial charge in [-0.3, -0.25) is 0 Å². The number of benzene rings is 1. The number of para-hydroxylation sites is 1. The first-order valence-electron chi connectivity index (χ1n) is 4.15. The predicted octanol–water partition coefficient (Wildman–Crippen LogP) is 3.04. The second-order valence-electron chi connectivity index (χ2n) is 2.60. The fourth-order valence-corrected chi connectivity index (χ4v) is 1.64. The Morgan fingerprint density at radius 3 is 2.93 bits per heavy atom. The number of rotatable bonds is 4. The maximum absolute atomic E-state index is 5.58. The van der Waals surface area contributed by atoms with Gasteiger partial charge in [-0.1, -0.05) is 23.7 Å². The standard InChI is InChI=1S/C10H11BrClNO/c11-9-4-1-3-8(7-13)10(9)14-6-2-5-12/h1-5H,6-7,13H2. The van der Waals surface area contributed by atoms with Crippen LogP contribution in [0.2, 0.25) is 0 Å². The lowest BCUT2D eigenvalue weighted by Gasteiger charge is -2.10. The molecule has 2 N–H and O–H groups in total. The summed E-state index contributed by atoms with van der Waals surface area (Å²) in [5.74, 6) is 0.782. The van der Waals surface area contributed by atoms with Crippen molar-refractivity contribution in [2.75, 3.05) is 6.61 Å². The van der Waals surface area contributed by atoms with Crippen molar-refractivity contribution in [3.63, 3.8) is 0 Å². The molecule has 76 valence electrons. The van der Waals surface area contributed by atoms with Crippen LogP contribution >= 0.6 is 27.5 Å². The van der Waals surface area contributed by atoms with Crippen molar-refractivity contribution in [1.29, 1.82) is 0 Å². The summed E-state index contributed by atoms with van der Waals surface area (Å²) in [6, 6.07) is 5.78. The van der Waals surface area contributed by atoms with Gasteiger partial charge in [-0.15, -0.1) is 0 Å². The van der Waals surface area contributed by atoms with Crippen molar-refractivity contribution in [3.05, 3.63) is 39.8 Å². The maximum atomic E-state index is 5.58. The Morgan fingerprint density at radius 1 is 1.50 bits per heavy atom. The monoisotopic (exact) mass is 275 g/mol. The topological polar surface area (TPSA) is 35.2 Å². The Hall–Kier alpha value is -0.510. The van der Waals surface area contributed by atoms with Gasteiger partial charge in [-0.05, 0) is 28.1 Å². The van der Waals surface area contributed by atoms with Gasteiger partial charge in [-0.2, -0.15) is 0 Å². The molecule has 0 spiro atoms. The van der Waals surface area contributed by atoms with Crippen LogP contribution < -0.4 is 10.5 Å². The minimum Gasteiger partial charge on any atom is -0.488 e. The lowest BCUT2D eigenvalue weighted by atomic mass is 10.2. The summed E-state index contributed by atoms with van der Waals surface area (Å²) >= 11 is 8.79. The Bertz CT molecular complexity index is 328. The van der Waals surface area contributed by atoms with E-state index >= 15 is 0 Å². The van der Waals surface area contributed by atoms with E-state index in [2.05, 4.69) is 15.9 Å². The molecule has 0 saturated heterocycles. The molecule has 0 radical (unpaired) electrons. The third kappa shape index (κ3) is 3.01. The molecular weight excluding hydrogens is 265 g/mol. The highest BCUT2D eigenvalue weighted by atomic mass is 79.9. The molecule has 0 aliphatic rings. The lowest BCUT2D eigenvalue weighted by Crippen LogP contribution is -2.02. The van der Waals surface area contributed by atoms with Gasteiger partial charge < -0.3 is 10.5 Å². The summed E-state index contributed by atoms with van der Waals surface area (Å²) in [4.78, 5) is 0. The first-order valence-corrected chi connectivity index (χ1v) is 5.38. The molecule has 0 saturated carbocycles. The van der Waals surface area contributed by atoms with Crippen LogP contribution in [0, 0.1) is 0 Å². The van der Waals surface area contributed by atoms with Gasteiger partial charge in [-0.25, -0.2) is 0 Å². The van der Waals surface area contributed by atoms with Crippen molar-refractivity contribution in [2.24, 2.45) is 5.73 Å². The van der Waals surface area contributed by atoms with Crippen LogP contribution in [0.1, 0.15) is 5.56 Å². The van der Waals surface area contributed by atoms with E-state index in [-0.39, 0.29) is 0 Å². The van der Waals surface area contributed by atoms with Gasteiger partial charge in [0.1, 0.15) is 12.4 Å². The molecule has 0 aliphatic heterocycles. The highest BCUT2D eigenvalue weighted by Crippen LogP contribution is 2.28. The van der Waals surface area contributed by atoms with Crippen LogP contribution in [0.15, 0.2) is 34.3 Å². The van der Waals surface area contributed by atoms with Gasteiger partial charge in [0.25, 0.3) is 0 Å². The average Bonchev–Trinajstić information content (AvgIpc) is 2.20. The fourth-order valence-electron chi connectivity index (χ4n) is 1.04. The number of ether oxygens (including phenoxy) is 1. The van der Waals surface area contributed by atoms with Gasteiger partial charge in [0.15, 0.2) is 0 Å². The van der Waals surface area contributed by atoms with E-state index in [4.69, 9.17) is 22.1 Å². The fraction of sp³-hybridized carbons (Fsp3) is 0.200. The van der Waals surface area contributed by atoms with Crippen LogP contribution in [0.3, 0.4) is 0 Å². The Morgan fingerprint density at radius 2 is 2.29 bits per heavy atom. The first kappa shape index (κ1) is 11.6. The molecular formula is C10H11BrClNO. The van der Waals surface area contributed by atoms with Crippen molar-refractivity contribution in [3.8, 4) is 5.75 Å². The Balaban J connectivity index is 2.82. The van der Waals surface area contributed by atoms with Crippen LogP contribution in [0.25, 0.3) is 0 Å². The summed E-state index contributed by atoms with van der Waals surface area (Å²) in [7, 11) is 0. The van der Waals surface area contributed by atoms with E-state index in [0.717, 1.165) is 15.8 Å². The van der Waals surface area contributed by atoms with Crippen LogP contribution in [-0.2, 0) is 6.54 Å². The number of hydrogen-bond donors (Lipinski definition) is 1. The zero-order valence-electron chi connectivity index (χ0n) is 7.54. The summed E-state index contributed by atoms with van der Waals surface area (Å²) in [5, 5.41) is 0. The van der Waals surface area contributed by atoms with Gasteiger partial charge >= 0.3 is 0 Å². The Labute approximate surface area is 96.8 Å². The average molecular weight is 277 g/mol. The minimum absolute atomic E-state index is 0.444. The normalized spacial score (nSPS) is 10.8. The van der Waals surface area contributed by atoms with Crippen molar-refractivity contribution < 1.29 is 4.74 Å². The van der Waals surface area contributed by atoms with Crippen LogP contribution in [-0.4, -0.2) is 6.61 Å². The van der Waals surface area contributed by atoms with Crippen molar-refractivity contribution in [2.45, 2.75) is 6.54 Å². The molecule has 14 heavy (non-hydrogen) atoms. The van der Waals surface area contributed by atoms with Crippen LogP contribution in [0.4, 0.5) is 0 Å². The molecule has 1 rings (SSSR count). The highest BCUT2D eigenvalue weighted by Gasteiger charge is 2.05. The summed E-state index contributed by atoms with van der Waals surface area (Å²) in [6.07, 6.45) is 1.72.